The smallest absolute Gasteiger partial charge is 0.255 e. The predicted molar refractivity (Wildman–Crippen MR) is 65.5 cm³/mol. The van der Waals surface area contributed by atoms with Crippen molar-refractivity contribution in [2.45, 2.75) is 19.5 Å². The highest BCUT2D eigenvalue weighted by Crippen LogP contribution is 1.99. The molecule has 0 radical (unpaired) electrons. The second-order valence-corrected chi connectivity index (χ2v) is 3.93. The van der Waals surface area contributed by atoms with Gasteiger partial charge in [0.15, 0.2) is 0 Å². The summed E-state index contributed by atoms with van der Waals surface area (Å²) < 4.78 is 3.51. The number of pyridine rings is 1. The standard InChI is InChI=1S/C12H16N4O/c1-15-11(4-6-14-15)5-8-16-7-2-3-10(9-13)12(16)17/h2-4,6-7H,5,8-9,13H2,1H3. The van der Waals surface area contributed by atoms with E-state index in [2.05, 4.69) is 5.10 Å². The number of hydrogen-bond acceptors (Lipinski definition) is 3. The van der Waals surface area contributed by atoms with Crippen LogP contribution in [0.3, 0.4) is 0 Å². The first-order valence-electron chi connectivity index (χ1n) is 5.57. The third-order valence-corrected chi connectivity index (χ3v) is 2.85. The first-order chi connectivity index (χ1) is 8.22. The van der Waals surface area contributed by atoms with E-state index in [4.69, 9.17) is 5.73 Å². The molecule has 0 aromatic carbocycles. The van der Waals surface area contributed by atoms with E-state index in [0.717, 1.165) is 12.1 Å². The molecule has 0 saturated carbocycles. The van der Waals surface area contributed by atoms with Crippen LogP contribution < -0.4 is 11.3 Å². The van der Waals surface area contributed by atoms with Gasteiger partial charge in [-0.05, 0) is 12.1 Å². The van der Waals surface area contributed by atoms with Gasteiger partial charge in [-0.3, -0.25) is 9.48 Å². The summed E-state index contributed by atoms with van der Waals surface area (Å²) >= 11 is 0. The summed E-state index contributed by atoms with van der Waals surface area (Å²) in [6.45, 7) is 0.928. The van der Waals surface area contributed by atoms with Gasteiger partial charge in [-0.15, -0.1) is 0 Å². The maximum Gasteiger partial charge on any atom is 0.255 e. The van der Waals surface area contributed by atoms with Crippen LogP contribution in [0.5, 0.6) is 0 Å². The topological polar surface area (TPSA) is 65.8 Å². The SMILES string of the molecule is Cn1nccc1CCn1cccc(CN)c1=O. The molecule has 2 aromatic heterocycles. The van der Waals surface area contributed by atoms with Crippen molar-refractivity contribution in [1.29, 1.82) is 0 Å². The molecule has 5 heteroatoms. The zero-order chi connectivity index (χ0) is 12.3. The Labute approximate surface area is 99.5 Å². The summed E-state index contributed by atoms with van der Waals surface area (Å²) in [4.78, 5) is 11.9. The van der Waals surface area contributed by atoms with Crippen molar-refractivity contribution in [3.63, 3.8) is 0 Å². The monoisotopic (exact) mass is 232 g/mol. The highest BCUT2D eigenvalue weighted by Gasteiger charge is 2.03. The van der Waals surface area contributed by atoms with Gasteiger partial charge >= 0.3 is 0 Å². The first-order valence-corrected chi connectivity index (χ1v) is 5.57. The minimum absolute atomic E-state index is 0.00262. The van der Waals surface area contributed by atoms with Crippen LogP contribution in [0.25, 0.3) is 0 Å². The second kappa shape index (κ2) is 4.97. The lowest BCUT2D eigenvalue weighted by atomic mass is 10.2. The van der Waals surface area contributed by atoms with Crippen LogP contribution in [0.1, 0.15) is 11.3 Å². The molecule has 0 unspecified atom stereocenters. The molecule has 0 fully saturated rings. The summed E-state index contributed by atoms with van der Waals surface area (Å²) in [6, 6.07) is 5.58. The maximum absolute atomic E-state index is 11.9. The molecule has 0 saturated heterocycles. The van der Waals surface area contributed by atoms with Crippen molar-refractivity contribution in [1.82, 2.24) is 14.3 Å². The molecule has 90 valence electrons. The molecular formula is C12H16N4O. The number of nitrogens with two attached hydrogens (primary N) is 1. The van der Waals surface area contributed by atoms with Crippen LogP contribution in [0, 0.1) is 0 Å². The Balaban J connectivity index is 2.15. The molecule has 0 aliphatic carbocycles. The number of hydrogen-bond donors (Lipinski definition) is 1. The molecule has 0 bridgehead atoms. The molecule has 0 aliphatic heterocycles. The minimum Gasteiger partial charge on any atom is -0.326 e. The number of rotatable bonds is 4. The molecule has 2 N–H and O–H groups in total. The number of aromatic nitrogens is 3. The van der Waals surface area contributed by atoms with Crippen LogP contribution in [0.2, 0.25) is 0 Å². The molecule has 0 aliphatic rings. The Kier molecular flexibility index (Phi) is 3.39. The normalized spacial score (nSPS) is 10.7. The fraction of sp³-hybridized carbons (Fsp3) is 0.333. The lowest BCUT2D eigenvalue weighted by Crippen LogP contribution is -2.25. The maximum atomic E-state index is 11.9. The lowest BCUT2D eigenvalue weighted by Gasteiger charge is -2.07. The molecular weight excluding hydrogens is 216 g/mol. The fourth-order valence-corrected chi connectivity index (χ4v) is 1.80. The molecule has 5 nitrogen and oxygen atoms in total. The van der Waals surface area contributed by atoms with E-state index in [1.807, 2.05) is 23.9 Å². The van der Waals surface area contributed by atoms with E-state index in [9.17, 15) is 4.79 Å². The minimum atomic E-state index is -0.00262. The van der Waals surface area contributed by atoms with Gasteiger partial charge in [-0.25, -0.2) is 0 Å². The largest absolute Gasteiger partial charge is 0.326 e. The van der Waals surface area contributed by atoms with Crippen LogP contribution in [-0.4, -0.2) is 14.3 Å². The fourth-order valence-electron chi connectivity index (χ4n) is 1.80. The molecule has 0 atom stereocenters. The highest BCUT2D eigenvalue weighted by atomic mass is 16.1. The van der Waals surface area contributed by atoms with Gasteiger partial charge in [0, 0.05) is 50.2 Å². The summed E-state index contributed by atoms with van der Waals surface area (Å²) in [5, 5.41) is 4.09. The predicted octanol–water partition coefficient (Wildman–Crippen LogP) is 0.283. The number of aryl methyl sites for hydroxylation is 3. The Morgan fingerprint density at radius 1 is 1.41 bits per heavy atom. The van der Waals surface area contributed by atoms with E-state index in [1.165, 1.54) is 0 Å². The van der Waals surface area contributed by atoms with Crippen molar-refractivity contribution in [2.75, 3.05) is 0 Å². The van der Waals surface area contributed by atoms with Gasteiger partial charge in [-0.2, -0.15) is 5.10 Å². The zero-order valence-corrected chi connectivity index (χ0v) is 9.84. The quantitative estimate of drug-likeness (QED) is 0.823. The lowest BCUT2D eigenvalue weighted by molar-refractivity contribution is 0.618. The van der Waals surface area contributed by atoms with Gasteiger partial charge in [-0.1, -0.05) is 6.07 Å². The third-order valence-electron chi connectivity index (χ3n) is 2.85. The zero-order valence-electron chi connectivity index (χ0n) is 9.84. The van der Waals surface area contributed by atoms with Crippen molar-refractivity contribution < 1.29 is 0 Å². The summed E-state index contributed by atoms with van der Waals surface area (Å²) in [5.74, 6) is 0. The molecule has 2 rings (SSSR count). The molecule has 17 heavy (non-hydrogen) atoms. The van der Waals surface area contributed by atoms with E-state index in [-0.39, 0.29) is 12.1 Å². The molecule has 2 heterocycles. The van der Waals surface area contributed by atoms with Crippen LogP contribution in [0.15, 0.2) is 35.4 Å². The third kappa shape index (κ3) is 2.45. The van der Waals surface area contributed by atoms with Crippen molar-refractivity contribution >= 4 is 0 Å². The van der Waals surface area contributed by atoms with Crippen molar-refractivity contribution in [3.05, 3.63) is 52.2 Å². The summed E-state index contributed by atoms with van der Waals surface area (Å²) in [7, 11) is 1.90. The Morgan fingerprint density at radius 3 is 2.88 bits per heavy atom. The number of nitrogens with zero attached hydrogens (tertiary/aromatic N) is 3. The Hall–Kier alpha value is -1.88. The molecule has 0 spiro atoms. The van der Waals surface area contributed by atoms with E-state index in [0.29, 0.717) is 12.1 Å². The van der Waals surface area contributed by atoms with Gasteiger partial charge in [0.05, 0.1) is 0 Å². The van der Waals surface area contributed by atoms with Gasteiger partial charge in [0.1, 0.15) is 0 Å². The van der Waals surface area contributed by atoms with E-state index in [1.54, 1.807) is 23.0 Å². The Bertz CT molecular complexity index is 556. The average molecular weight is 232 g/mol. The van der Waals surface area contributed by atoms with Crippen molar-refractivity contribution in [2.24, 2.45) is 12.8 Å². The van der Waals surface area contributed by atoms with Gasteiger partial charge in [0.2, 0.25) is 0 Å². The second-order valence-electron chi connectivity index (χ2n) is 3.93. The molecule has 0 amide bonds. The van der Waals surface area contributed by atoms with Gasteiger partial charge in [0.25, 0.3) is 5.56 Å². The van der Waals surface area contributed by atoms with E-state index >= 15 is 0 Å². The van der Waals surface area contributed by atoms with Gasteiger partial charge < -0.3 is 10.3 Å². The van der Waals surface area contributed by atoms with Crippen molar-refractivity contribution in [3.8, 4) is 0 Å². The van der Waals surface area contributed by atoms with Crippen LogP contribution in [0.4, 0.5) is 0 Å². The summed E-state index contributed by atoms with van der Waals surface area (Å²) in [6.07, 6.45) is 4.33. The highest BCUT2D eigenvalue weighted by molar-refractivity contribution is 5.10. The first kappa shape index (κ1) is 11.6. The summed E-state index contributed by atoms with van der Waals surface area (Å²) in [5.41, 5.74) is 7.26. The Morgan fingerprint density at radius 2 is 2.24 bits per heavy atom. The molecule has 2 aromatic rings. The van der Waals surface area contributed by atoms with Crippen LogP contribution >= 0.6 is 0 Å². The van der Waals surface area contributed by atoms with Crippen LogP contribution in [-0.2, 0) is 26.6 Å². The average Bonchev–Trinajstić information content (AvgIpc) is 2.74. The van der Waals surface area contributed by atoms with E-state index < -0.39 is 0 Å².